The molecular formula is C51H61N3O7Si. The van der Waals surface area contributed by atoms with Crippen LogP contribution in [0.1, 0.15) is 74.0 Å². The number of hydrogen-bond donors (Lipinski definition) is 2. The second-order valence-corrected chi connectivity index (χ2v) is 22.6. The molecule has 4 aromatic rings. The molecule has 0 aromatic heterocycles. The fourth-order valence-electron chi connectivity index (χ4n) is 9.99. The number of amides is 3. The summed E-state index contributed by atoms with van der Waals surface area (Å²) in [6.45, 7) is 13.6. The molecule has 4 aromatic carbocycles. The molecule has 7 rings (SSSR count). The van der Waals surface area contributed by atoms with E-state index in [9.17, 15) is 14.7 Å². The van der Waals surface area contributed by atoms with Crippen LogP contribution >= 0.6 is 0 Å². The molecule has 3 heterocycles. The lowest BCUT2D eigenvalue weighted by Crippen LogP contribution is -2.52. The van der Waals surface area contributed by atoms with Crippen LogP contribution in [0.3, 0.4) is 0 Å². The van der Waals surface area contributed by atoms with E-state index in [0.717, 1.165) is 40.6 Å². The van der Waals surface area contributed by atoms with E-state index in [1.807, 2.05) is 53.4 Å². The summed E-state index contributed by atoms with van der Waals surface area (Å²) in [5.74, 6) is 0.443. The van der Waals surface area contributed by atoms with E-state index >= 15 is 4.79 Å². The fourth-order valence-corrected chi connectivity index (χ4v) is 14.0. The Labute approximate surface area is 367 Å². The Morgan fingerprint density at radius 1 is 0.919 bits per heavy atom. The predicted molar refractivity (Wildman–Crippen MR) is 248 cm³/mol. The van der Waals surface area contributed by atoms with Crippen molar-refractivity contribution < 1.29 is 33.7 Å². The molecule has 3 aliphatic rings. The van der Waals surface area contributed by atoms with E-state index in [2.05, 4.69) is 76.5 Å². The molecule has 0 aliphatic carbocycles. The van der Waals surface area contributed by atoms with Gasteiger partial charge in [0.15, 0.2) is 5.60 Å². The average Bonchev–Trinajstić information content (AvgIpc) is 3.70. The standard InChI is InChI=1S/C51H61N3O7Si/c1-33(2)12-11-13-34(3)26-27-53-45-25-18-39(52-49(57)36-16-19-41(59-5)20-17-36)29-44(45)51(50(53)58)35(4)48(62(7,8)43-23-21-42(60-6)22-24-43)46(61-51)30-47(56)54-31-38-15-10-9-14-37(38)28-40(54)32-55/h9-10,12,14-26,29,35,40,46,48,55H,11,13,27-28,30-32H2,1-8H3,(H,52,57)/b34-26+/t35-,40-,46+,48-,51+/m0/s1. The maximum Gasteiger partial charge on any atom is 0.264 e. The molecule has 10 nitrogen and oxygen atoms in total. The van der Waals surface area contributed by atoms with E-state index in [4.69, 9.17) is 14.2 Å². The van der Waals surface area contributed by atoms with E-state index in [1.54, 1.807) is 43.4 Å². The van der Waals surface area contributed by atoms with E-state index in [1.165, 1.54) is 11.1 Å². The van der Waals surface area contributed by atoms with Gasteiger partial charge in [-0.3, -0.25) is 14.4 Å². The molecule has 0 bridgehead atoms. The van der Waals surface area contributed by atoms with Gasteiger partial charge in [-0.25, -0.2) is 0 Å². The molecule has 1 spiro atoms. The number of hydrogen-bond acceptors (Lipinski definition) is 7. The van der Waals surface area contributed by atoms with Crippen molar-refractivity contribution in [1.82, 2.24) is 4.90 Å². The Morgan fingerprint density at radius 2 is 1.58 bits per heavy atom. The molecule has 5 atom stereocenters. The van der Waals surface area contributed by atoms with Gasteiger partial charge in [0.1, 0.15) is 11.5 Å². The molecule has 0 radical (unpaired) electrons. The summed E-state index contributed by atoms with van der Waals surface area (Å²) in [6.07, 6.45) is 6.11. The quantitative estimate of drug-likeness (QED) is 0.0965. The van der Waals surface area contributed by atoms with E-state index in [-0.39, 0.29) is 48.3 Å². The van der Waals surface area contributed by atoms with Crippen molar-refractivity contribution in [2.75, 3.05) is 37.6 Å². The van der Waals surface area contributed by atoms with E-state index < -0.39 is 19.8 Å². The number of ether oxygens (including phenoxy) is 3. The summed E-state index contributed by atoms with van der Waals surface area (Å²) < 4.78 is 18.2. The number of fused-ring (bicyclic) bond motifs is 3. The molecule has 326 valence electrons. The molecular weight excluding hydrogens is 795 g/mol. The highest BCUT2D eigenvalue weighted by molar-refractivity contribution is 6.91. The number of anilines is 2. The van der Waals surface area contributed by atoms with Gasteiger partial charge in [-0.05, 0) is 111 Å². The maximum absolute atomic E-state index is 15.5. The van der Waals surface area contributed by atoms with Crippen molar-refractivity contribution in [2.24, 2.45) is 5.92 Å². The topological polar surface area (TPSA) is 118 Å². The first kappa shape index (κ1) is 44.6. The van der Waals surface area contributed by atoms with Crippen LogP contribution in [0, 0.1) is 5.92 Å². The summed E-state index contributed by atoms with van der Waals surface area (Å²) in [6, 6.07) is 28.4. The van der Waals surface area contributed by atoms with Gasteiger partial charge >= 0.3 is 0 Å². The van der Waals surface area contributed by atoms with Crippen LogP contribution in [0.4, 0.5) is 11.4 Å². The number of nitrogens with one attached hydrogen (secondary N) is 1. The van der Waals surface area contributed by atoms with Crippen LogP contribution in [0.5, 0.6) is 11.5 Å². The summed E-state index contributed by atoms with van der Waals surface area (Å²) >= 11 is 0. The Kier molecular flexibility index (Phi) is 13.3. The summed E-state index contributed by atoms with van der Waals surface area (Å²) in [5, 5.41) is 14.8. The summed E-state index contributed by atoms with van der Waals surface area (Å²) in [4.78, 5) is 47.5. The number of rotatable bonds is 14. The molecule has 3 aliphatic heterocycles. The van der Waals surface area contributed by atoms with Gasteiger partial charge in [-0.2, -0.15) is 0 Å². The lowest BCUT2D eigenvalue weighted by molar-refractivity contribution is -0.150. The van der Waals surface area contributed by atoms with Gasteiger partial charge in [0.2, 0.25) is 5.91 Å². The van der Waals surface area contributed by atoms with Gasteiger partial charge < -0.3 is 34.4 Å². The molecule has 0 saturated carbocycles. The second-order valence-electron chi connectivity index (χ2n) is 17.9. The van der Waals surface area contributed by atoms with Crippen molar-refractivity contribution in [3.05, 3.63) is 137 Å². The zero-order valence-electron chi connectivity index (χ0n) is 37.4. The minimum Gasteiger partial charge on any atom is -0.497 e. The number of allylic oxidation sites excluding steroid dienone is 3. The van der Waals surface area contributed by atoms with Crippen molar-refractivity contribution in [2.45, 2.75) is 96.3 Å². The van der Waals surface area contributed by atoms with Crippen LogP contribution in [-0.4, -0.2) is 75.3 Å². The molecule has 11 heteroatoms. The van der Waals surface area contributed by atoms with Crippen molar-refractivity contribution in [1.29, 1.82) is 0 Å². The number of aliphatic hydroxyl groups is 1. The molecule has 0 unspecified atom stereocenters. The second kappa shape index (κ2) is 18.5. The Bertz CT molecular complexity index is 2350. The smallest absolute Gasteiger partial charge is 0.264 e. The highest BCUT2D eigenvalue weighted by Gasteiger charge is 2.66. The lowest BCUT2D eigenvalue weighted by Gasteiger charge is -2.39. The van der Waals surface area contributed by atoms with Crippen LogP contribution < -0.4 is 24.9 Å². The minimum absolute atomic E-state index is 0.0435. The zero-order valence-corrected chi connectivity index (χ0v) is 38.4. The molecule has 62 heavy (non-hydrogen) atoms. The Balaban J connectivity index is 1.30. The summed E-state index contributed by atoms with van der Waals surface area (Å²) in [5.41, 5.74) is 5.40. The molecule has 3 amide bonds. The molecule has 2 N–H and O–H groups in total. The largest absolute Gasteiger partial charge is 0.497 e. The number of aliphatic hydroxyl groups excluding tert-OH is 1. The zero-order chi connectivity index (χ0) is 44.3. The first-order valence-corrected chi connectivity index (χ1v) is 24.8. The SMILES string of the molecule is COc1ccc(C(=O)Nc2ccc3c(c2)[C@@]2(O[C@H](CC(=O)N4Cc5ccccc5C[C@H]4CO)[C@@H]([Si](C)(C)c4ccc(OC)cc4)[C@@H]2C)C(=O)N3C/C=C(\C)CCC=C(C)C)cc1. The van der Waals surface area contributed by atoms with Gasteiger partial charge in [-0.1, -0.05) is 84.9 Å². The van der Waals surface area contributed by atoms with Gasteiger partial charge in [0.05, 0.1) is 53.2 Å². The number of carbonyl (C=O) groups excluding carboxylic acids is 3. The first-order chi connectivity index (χ1) is 29.7. The third-order valence-electron chi connectivity index (χ3n) is 13.4. The molecule has 1 saturated heterocycles. The third kappa shape index (κ3) is 8.63. The molecule has 1 fully saturated rings. The van der Waals surface area contributed by atoms with Gasteiger partial charge in [-0.15, -0.1) is 0 Å². The van der Waals surface area contributed by atoms with Crippen LogP contribution in [0.15, 0.2) is 114 Å². The average molecular weight is 856 g/mol. The maximum atomic E-state index is 15.5. The summed E-state index contributed by atoms with van der Waals surface area (Å²) in [7, 11) is 0.636. The van der Waals surface area contributed by atoms with Gasteiger partial charge in [0.25, 0.3) is 11.8 Å². The monoisotopic (exact) mass is 855 g/mol. The number of nitrogens with zero attached hydrogens (tertiary/aromatic N) is 2. The van der Waals surface area contributed by atoms with Crippen LogP contribution in [0.2, 0.25) is 18.6 Å². The number of benzene rings is 4. The highest BCUT2D eigenvalue weighted by atomic mass is 28.3. The third-order valence-corrected chi connectivity index (χ3v) is 17.8. The normalized spacial score (nSPS) is 22.0. The van der Waals surface area contributed by atoms with Gasteiger partial charge in [0, 0.05) is 35.8 Å². The first-order valence-electron chi connectivity index (χ1n) is 21.7. The number of methoxy groups -OCH3 is 2. The predicted octanol–water partition coefficient (Wildman–Crippen LogP) is 8.55. The van der Waals surface area contributed by atoms with Crippen molar-refractivity contribution >= 4 is 42.4 Å². The fraction of sp³-hybridized carbons (Fsp3) is 0.392. The highest BCUT2D eigenvalue weighted by Crippen LogP contribution is 2.60. The van der Waals surface area contributed by atoms with Crippen molar-refractivity contribution in [3.8, 4) is 11.5 Å². The van der Waals surface area contributed by atoms with E-state index in [0.29, 0.717) is 42.1 Å². The van der Waals surface area contributed by atoms with Crippen LogP contribution in [-0.2, 0) is 32.9 Å². The Hall–Kier alpha value is -5.49. The minimum atomic E-state index is -2.60. The lowest BCUT2D eigenvalue weighted by atomic mass is 9.82. The number of carbonyl (C=O) groups is 3. The van der Waals surface area contributed by atoms with Crippen LogP contribution in [0.25, 0.3) is 0 Å². The Morgan fingerprint density at radius 3 is 2.23 bits per heavy atom. The van der Waals surface area contributed by atoms with Crippen molar-refractivity contribution in [3.63, 3.8) is 0 Å².